The Morgan fingerprint density at radius 3 is 2.69 bits per heavy atom. The molecule has 5 nitrogen and oxygen atoms in total. The van der Waals surface area contributed by atoms with Gasteiger partial charge in [0, 0.05) is 23.3 Å². The van der Waals surface area contributed by atoms with Gasteiger partial charge in [-0.2, -0.15) is 0 Å². The van der Waals surface area contributed by atoms with E-state index in [9.17, 15) is 0 Å². The molecule has 0 bridgehead atoms. The SMILES string of the molecule is CN1CCC(Nc2ccc(Cl)c3cnc(Nc4cc[c]cc4)nc23)CC1. The fraction of sp³-hybridized carbons (Fsp3) is 0.300. The zero-order valence-corrected chi connectivity index (χ0v) is 15.4. The van der Waals surface area contributed by atoms with Gasteiger partial charge in [-0.25, -0.2) is 9.97 Å². The van der Waals surface area contributed by atoms with Crippen LogP contribution in [0.2, 0.25) is 5.02 Å². The van der Waals surface area contributed by atoms with Crippen LogP contribution >= 0.6 is 11.6 Å². The van der Waals surface area contributed by atoms with Gasteiger partial charge >= 0.3 is 0 Å². The summed E-state index contributed by atoms with van der Waals surface area (Å²) in [5.41, 5.74) is 2.78. The third-order valence-corrected chi connectivity index (χ3v) is 5.08. The van der Waals surface area contributed by atoms with Gasteiger partial charge in [0.25, 0.3) is 0 Å². The quantitative estimate of drug-likeness (QED) is 0.719. The van der Waals surface area contributed by atoms with Crippen molar-refractivity contribution in [1.29, 1.82) is 0 Å². The Labute approximate surface area is 158 Å². The number of aromatic nitrogens is 2. The molecule has 3 aromatic rings. The maximum absolute atomic E-state index is 6.36. The van der Waals surface area contributed by atoms with Gasteiger partial charge < -0.3 is 15.5 Å². The number of hydrogen-bond donors (Lipinski definition) is 2. The smallest absolute Gasteiger partial charge is 0.227 e. The highest BCUT2D eigenvalue weighted by molar-refractivity contribution is 6.35. The Morgan fingerprint density at radius 1 is 1.15 bits per heavy atom. The third kappa shape index (κ3) is 3.74. The summed E-state index contributed by atoms with van der Waals surface area (Å²) in [5, 5.41) is 8.41. The molecule has 0 unspecified atom stereocenters. The standard InChI is InChI=1S/C20H21ClN5/c1-26-11-9-15(10-12-26)23-18-8-7-17(21)16-13-22-20(25-19(16)18)24-14-5-3-2-4-6-14/h3-8,13,15,23H,9-12H2,1H3,(H,22,24,25). The van der Waals surface area contributed by atoms with Crippen molar-refractivity contribution in [3.8, 4) is 0 Å². The molecule has 6 heteroatoms. The van der Waals surface area contributed by atoms with Crippen molar-refractivity contribution in [2.75, 3.05) is 30.8 Å². The van der Waals surface area contributed by atoms with Gasteiger partial charge in [0.15, 0.2) is 0 Å². The lowest BCUT2D eigenvalue weighted by molar-refractivity contribution is 0.264. The number of nitrogens with one attached hydrogen (secondary N) is 2. The zero-order valence-electron chi connectivity index (χ0n) is 14.7. The molecule has 1 saturated heterocycles. The highest BCUT2D eigenvalue weighted by Gasteiger charge is 2.18. The predicted molar refractivity (Wildman–Crippen MR) is 107 cm³/mol. The van der Waals surface area contributed by atoms with Crippen LogP contribution in [0.5, 0.6) is 0 Å². The summed E-state index contributed by atoms with van der Waals surface area (Å²) in [6.45, 7) is 2.21. The second-order valence-corrected chi connectivity index (χ2v) is 7.09. The van der Waals surface area contributed by atoms with Crippen molar-refractivity contribution in [3.05, 3.63) is 53.7 Å². The number of nitrogens with zero attached hydrogens (tertiary/aromatic N) is 3. The first-order valence-electron chi connectivity index (χ1n) is 8.82. The summed E-state index contributed by atoms with van der Waals surface area (Å²) in [6.07, 6.45) is 4.02. The Kier molecular flexibility index (Phi) is 4.91. The molecule has 4 rings (SSSR count). The lowest BCUT2D eigenvalue weighted by Crippen LogP contribution is -2.36. The minimum atomic E-state index is 0.451. The van der Waals surface area contributed by atoms with E-state index in [1.807, 2.05) is 36.4 Å². The van der Waals surface area contributed by atoms with Crippen molar-refractivity contribution < 1.29 is 0 Å². The molecular formula is C20H21ClN5. The van der Waals surface area contributed by atoms with E-state index in [0.29, 0.717) is 17.0 Å². The molecule has 2 aromatic carbocycles. The van der Waals surface area contributed by atoms with Gasteiger partial charge in [-0.05, 0) is 63.3 Å². The highest BCUT2D eigenvalue weighted by atomic mass is 35.5. The molecule has 0 atom stereocenters. The highest BCUT2D eigenvalue weighted by Crippen LogP contribution is 2.30. The van der Waals surface area contributed by atoms with Crippen molar-refractivity contribution in [2.24, 2.45) is 0 Å². The van der Waals surface area contributed by atoms with Crippen LogP contribution in [0.3, 0.4) is 0 Å². The number of halogens is 1. The fourth-order valence-corrected chi connectivity index (χ4v) is 3.44. The van der Waals surface area contributed by atoms with Crippen molar-refractivity contribution >= 4 is 39.8 Å². The van der Waals surface area contributed by atoms with Crippen molar-refractivity contribution in [1.82, 2.24) is 14.9 Å². The molecule has 2 heterocycles. The first-order valence-corrected chi connectivity index (χ1v) is 9.20. The van der Waals surface area contributed by atoms with Crippen LogP contribution in [0.4, 0.5) is 17.3 Å². The van der Waals surface area contributed by atoms with Crippen LogP contribution in [0.1, 0.15) is 12.8 Å². The molecule has 0 spiro atoms. The largest absolute Gasteiger partial charge is 0.380 e. The summed E-state index contributed by atoms with van der Waals surface area (Å²) in [5.74, 6) is 0.553. The molecule has 26 heavy (non-hydrogen) atoms. The average molecular weight is 367 g/mol. The molecule has 1 fully saturated rings. The lowest BCUT2D eigenvalue weighted by atomic mass is 10.0. The first-order chi connectivity index (χ1) is 12.7. The normalized spacial score (nSPS) is 15.9. The van der Waals surface area contributed by atoms with E-state index in [0.717, 1.165) is 48.2 Å². The number of hydrogen-bond acceptors (Lipinski definition) is 5. The zero-order chi connectivity index (χ0) is 17.9. The van der Waals surface area contributed by atoms with Crippen LogP contribution in [-0.2, 0) is 0 Å². The number of rotatable bonds is 4. The molecule has 2 N–H and O–H groups in total. The monoisotopic (exact) mass is 366 g/mol. The third-order valence-electron chi connectivity index (χ3n) is 4.75. The minimum absolute atomic E-state index is 0.451. The summed E-state index contributed by atoms with van der Waals surface area (Å²) >= 11 is 6.36. The average Bonchev–Trinajstić information content (AvgIpc) is 2.67. The molecule has 0 aliphatic carbocycles. The Balaban J connectivity index is 1.64. The van der Waals surface area contributed by atoms with E-state index in [2.05, 4.69) is 33.6 Å². The molecule has 1 aliphatic heterocycles. The van der Waals surface area contributed by atoms with E-state index >= 15 is 0 Å². The Bertz CT molecular complexity index is 891. The van der Waals surface area contributed by atoms with E-state index in [-0.39, 0.29) is 0 Å². The Morgan fingerprint density at radius 2 is 1.92 bits per heavy atom. The molecule has 1 radical (unpaired) electrons. The van der Waals surface area contributed by atoms with Gasteiger partial charge in [-0.1, -0.05) is 23.7 Å². The lowest BCUT2D eigenvalue weighted by Gasteiger charge is -2.30. The minimum Gasteiger partial charge on any atom is -0.380 e. The number of anilines is 3. The van der Waals surface area contributed by atoms with Crippen LogP contribution in [0.15, 0.2) is 42.6 Å². The summed E-state index contributed by atoms with van der Waals surface area (Å²) < 4.78 is 0. The van der Waals surface area contributed by atoms with Crippen LogP contribution < -0.4 is 10.6 Å². The van der Waals surface area contributed by atoms with Crippen LogP contribution in [0.25, 0.3) is 10.9 Å². The first kappa shape index (κ1) is 17.1. The summed E-state index contributed by atoms with van der Waals surface area (Å²) in [4.78, 5) is 11.5. The fourth-order valence-electron chi connectivity index (χ4n) is 3.24. The molecule has 0 saturated carbocycles. The van der Waals surface area contributed by atoms with E-state index in [1.165, 1.54) is 0 Å². The molecular weight excluding hydrogens is 346 g/mol. The van der Waals surface area contributed by atoms with E-state index in [4.69, 9.17) is 16.6 Å². The number of fused-ring (bicyclic) bond motifs is 1. The maximum atomic E-state index is 6.36. The molecule has 1 aliphatic rings. The number of piperidine rings is 1. The van der Waals surface area contributed by atoms with Crippen molar-refractivity contribution in [2.45, 2.75) is 18.9 Å². The van der Waals surface area contributed by atoms with Gasteiger partial charge in [0.2, 0.25) is 5.95 Å². The molecule has 133 valence electrons. The van der Waals surface area contributed by atoms with E-state index in [1.54, 1.807) is 6.20 Å². The van der Waals surface area contributed by atoms with Gasteiger partial charge in [-0.15, -0.1) is 0 Å². The second kappa shape index (κ2) is 7.48. The van der Waals surface area contributed by atoms with Crippen LogP contribution in [-0.4, -0.2) is 41.0 Å². The van der Waals surface area contributed by atoms with E-state index < -0.39 is 0 Å². The Hall–Kier alpha value is -2.37. The van der Waals surface area contributed by atoms with Gasteiger partial charge in [0.1, 0.15) is 5.52 Å². The maximum Gasteiger partial charge on any atom is 0.227 e. The topological polar surface area (TPSA) is 53.1 Å². The predicted octanol–water partition coefficient (Wildman–Crippen LogP) is 4.33. The number of benzene rings is 2. The second-order valence-electron chi connectivity index (χ2n) is 6.69. The number of likely N-dealkylation sites (tertiary alicyclic amines) is 1. The summed E-state index contributed by atoms with van der Waals surface area (Å²) in [7, 11) is 2.17. The van der Waals surface area contributed by atoms with Crippen LogP contribution in [0, 0.1) is 6.07 Å². The molecule has 0 amide bonds. The van der Waals surface area contributed by atoms with Crippen molar-refractivity contribution in [3.63, 3.8) is 0 Å². The van der Waals surface area contributed by atoms with Gasteiger partial charge in [-0.3, -0.25) is 0 Å². The van der Waals surface area contributed by atoms with Gasteiger partial charge in [0.05, 0.1) is 10.7 Å². The summed E-state index contributed by atoms with van der Waals surface area (Å²) in [6, 6.07) is 14.9. The molecule has 1 aromatic heterocycles.